The zero-order valence-electron chi connectivity index (χ0n) is 11.5. The van der Waals surface area contributed by atoms with Crippen molar-refractivity contribution in [2.45, 2.75) is 25.5 Å². The summed E-state index contributed by atoms with van der Waals surface area (Å²) in [5.74, 6) is 0.613. The van der Waals surface area contributed by atoms with Crippen LogP contribution in [0.3, 0.4) is 0 Å². The number of aromatic nitrogens is 2. The van der Waals surface area contributed by atoms with Gasteiger partial charge in [0.2, 0.25) is 0 Å². The van der Waals surface area contributed by atoms with E-state index in [0.29, 0.717) is 12.1 Å². The third-order valence-corrected chi connectivity index (χ3v) is 4.24. The monoisotopic (exact) mass is 297 g/mol. The number of ether oxygens (including phenoxy) is 1. The van der Waals surface area contributed by atoms with Gasteiger partial charge in [0.15, 0.2) is 0 Å². The van der Waals surface area contributed by atoms with Gasteiger partial charge in [-0.2, -0.15) is 0 Å². The Hall–Kier alpha value is -1.17. The van der Waals surface area contributed by atoms with E-state index >= 15 is 0 Å². The molecule has 6 heteroatoms. The number of rotatable bonds is 2. The Morgan fingerprint density at radius 2 is 2.25 bits per heavy atom. The first-order chi connectivity index (χ1) is 9.60. The summed E-state index contributed by atoms with van der Waals surface area (Å²) in [5, 5.41) is 0. The van der Waals surface area contributed by atoms with Crippen LogP contribution in [0, 0.1) is 12.7 Å². The van der Waals surface area contributed by atoms with Gasteiger partial charge in [-0.05, 0) is 37.3 Å². The molecule has 1 aliphatic heterocycles. The molecule has 3 rings (SSSR count). The SMILES string of the molecule is CO[C@@H]1CN(Cl)CC[C@H]1n1c(C)nc2cc(F)ccc21. The van der Waals surface area contributed by atoms with Crippen molar-refractivity contribution < 1.29 is 9.13 Å². The molecule has 0 radical (unpaired) electrons. The topological polar surface area (TPSA) is 30.3 Å². The molecule has 0 aliphatic carbocycles. The largest absolute Gasteiger partial charge is 0.378 e. The van der Waals surface area contributed by atoms with Crippen LogP contribution in [0.1, 0.15) is 18.3 Å². The predicted molar refractivity (Wildman–Crippen MR) is 76.3 cm³/mol. The Balaban J connectivity index is 2.06. The van der Waals surface area contributed by atoms with E-state index in [1.165, 1.54) is 12.1 Å². The number of piperidine rings is 1. The first-order valence-electron chi connectivity index (χ1n) is 6.67. The lowest BCUT2D eigenvalue weighted by atomic mass is 10.0. The van der Waals surface area contributed by atoms with Crippen LogP contribution in [0.5, 0.6) is 0 Å². The summed E-state index contributed by atoms with van der Waals surface area (Å²) in [7, 11) is 1.70. The van der Waals surface area contributed by atoms with Crippen molar-refractivity contribution in [1.29, 1.82) is 0 Å². The van der Waals surface area contributed by atoms with Gasteiger partial charge in [0.25, 0.3) is 0 Å². The van der Waals surface area contributed by atoms with Crippen LogP contribution in [0.4, 0.5) is 4.39 Å². The van der Waals surface area contributed by atoms with E-state index in [0.717, 1.165) is 24.3 Å². The van der Waals surface area contributed by atoms with Gasteiger partial charge in [-0.15, -0.1) is 0 Å². The lowest BCUT2D eigenvalue weighted by Gasteiger charge is -2.35. The molecule has 0 N–H and O–H groups in total. The summed E-state index contributed by atoms with van der Waals surface area (Å²) >= 11 is 6.07. The van der Waals surface area contributed by atoms with Gasteiger partial charge in [0, 0.05) is 26.3 Å². The molecule has 0 spiro atoms. The maximum atomic E-state index is 13.3. The number of hydrogen-bond donors (Lipinski definition) is 0. The standard InChI is InChI=1S/C14H17ClFN3O/c1-9-17-11-7-10(16)3-4-12(11)19(9)13-5-6-18(15)8-14(13)20-2/h3-4,7,13-14H,5-6,8H2,1-2H3/t13-,14-/m1/s1. The van der Waals surface area contributed by atoms with E-state index in [4.69, 9.17) is 16.5 Å². The second-order valence-electron chi connectivity index (χ2n) is 5.16. The Morgan fingerprint density at radius 1 is 1.45 bits per heavy atom. The molecule has 1 aromatic carbocycles. The van der Waals surface area contributed by atoms with Gasteiger partial charge >= 0.3 is 0 Å². The summed E-state index contributed by atoms with van der Waals surface area (Å²) in [6.07, 6.45) is 0.883. The molecule has 1 fully saturated rings. The average Bonchev–Trinajstić information content (AvgIpc) is 2.73. The summed E-state index contributed by atoms with van der Waals surface area (Å²) in [4.78, 5) is 4.46. The number of nitrogens with zero attached hydrogens (tertiary/aromatic N) is 3. The zero-order chi connectivity index (χ0) is 14.3. The van der Waals surface area contributed by atoms with Crippen molar-refractivity contribution in [3.05, 3.63) is 29.8 Å². The van der Waals surface area contributed by atoms with Gasteiger partial charge in [0.05, 0.1) is 23.2 Å². The molecular weight excluding hydrogens is 281 g/mol. The van der Waals surface area contributed by atoms with Crippen molar-refractivity contribution in [2.24, 2.45) is 0 Å². The van der Waals surface area contributed by atoms with E-state index in [1.807, 2.05) is 6.92 Å². The second-order valence-corrected chi connectivity index (χ2v) is 5.64. The number of imidazole rings is 1. The smallest absolute Gasteiger partial charge is 0.125 e. The van der Waals surface area contributed by atoms with E-state index < -0.39 is 0 Å². The molecule has 4 nitrogen and oxygen atoms in total. The highest BCUT2D eigenvalue weighted by Crippen LogP contribution is 2.31. The number of aryl methyl sites for hydroxylation is 1. The highest BCUT2D eigenvalue weighted by atomic mass is 35.5. The van der Waals surface area contributed by atoms with Crippen molar-refractivity contribution in [2.75, 3.05) is 20.2 Å². The number of methoxy groups -OCH3 is 1. The molecule has 0 saturated carbocycles. The van der Waals surface area contributed by atoms with Gasteiger partial charge in [-0.3, -0.25) is 0 Å². The Kier molecular flexibility index (Phi) is 3.67. The quantitative estimate of drug-likeness (QED) is 0.799. The molecule has 1 aromatic heterocycles. The highest BCUT2D eigenvalue weighted by molar-refractivity contribution is 6.13. The second kappa shape index (κ2) is 5.31. The third kappa shape index (κ3) is 2.30. The van der Waals surface area contributed by atoms with Gasteiger partial charge in [-0.1, -0.05) is 0 Å². The highest BCUT2D eigenvalue weighted by Gasteiger charge is 2.31. The van der Waals surface area contributed by atoms with Crippen LogP contribution in [0.2, 0.25) is 0 Å². The van der Waals surface area contributed by atoms with Crippen molar-refractivity contribution in [3.8, 4) is 0 Å². The van der Waals surface area contributed by atoms with Crippen LogP contribution >= 0.6 is 11.8 Å². The first kappa shape index (κ1) is 13.8. The summed E-state index contributed by atoms with van der Waals surface area (Å²) in [6.45, 7) is 3.41. The molecule has 2 atom stereocenters. The summed E-state index contributed by atoms with van der Waals surface area (Å²) < 4.78 is 22.8. The minimum atomic E-state index is -0.263. The number of fused-ring (bicyclic) bond motifs is 1. The molecular formula is C14H17ClFN3O. The number of hydrogen-bond acceptors (Lipinski definition) is 3. The van der Waals surface area contributed by atoms with Crippen LogP contribution in [-0.4, -0.2) is 40.3 Å². The fraction of sp³-hybridized carbons (Fsp3) is 0.500. The first-order valence-corrected chi connectivity index (χ1v) is 7.01. The molecule has 2 aromatic rings. The third-order valence-electron chi connectivity index (χ3n) is 3.94. The van der Waals surface area contributed by atoms with Gasteiger partial charge in [-0.25, -0.2) is 13.8 Å². The van der Waals surface area contributed by atoms with Crippen molar-refractivity contribution >= 4 is 22.8 Å². The molecule has 0 bridgehead atoms. The fourth-order valence-electron chi connectivity index (χ4n) is 3.00. The Labute approximate surface area is 122 Å². The van der Waals surface area contributed by atoms with Crippen LogP contribution in [0.15, 0.2) is 18.2 Å². The summed E-state index contributed by atoms with van der Waals surface area (Å²) in [5.41, 5.74) is 1.63. The molecule has 20 heavy (non-hydrogen) atoms. The zero-order valence-corrected chi connectivity index (χ0v) is 12.3. The Bertz CT molecular complexity index is 630. The molecule has 1 saturated heterocycles. The van der Waals surface area contributed by atoms with E-state index in [9.17, 15) is 4.39 Å². The minimum absolute atomic E-state index is 0.00223. The summed E-state index contributed by atoms with van der Waals surface area (Å²) in [6, 6.07) is 4.89. The van der Waals surface area contributed by atoms with E-state index in [1.54, 1.807) is 17.6 Å². The van der Waals surface area contributed by atoms with Crippen molar-refractivity contribution in [3.63, 3.8) is 0 Å². The molecule has 108 valence electrons. The van der Waals surface area contributed by atoms with Gasteiger partial charge in [0.1, 0.15) is 11.6 Å². The lowest BCUT2D eigenvalue weighted by molar-refractivity contribution is 0.0179. The number of benzene rings is 1. The maximum Gasteiger partial charge on any atom is 0.125 e. The van der Waals surface area contributed by atoms with Crippen LogP contribution in [-0.2, 0) is 4.74 Å². The van der Waals surface area contributed by atoms with Crippen LogP contribution < -0.4 is 0 Å². The van der Waals surface area contributed by atoms with E-state index in [2.05, 4.69) is 9.55 Å². The van der Waals surface area contributed by atoms with Crippen LogP contribution in [0.25, 0.3) is 11.0 Å². The van der Waals surface area contributed by atoms with Gasteiger partial charge < -0.3 is 9.30 Å². The van der Waals surface area contributed by atoms with E-state index in [-0.39, 0.29) is 18.0 Å². The maximum absolute atomic E-state index is 13.3. The fourth-order valence-corrected chi connectivity index (χ4v) is 3.24. The molecule has 2 heterocycles. The minimum Gasteiger partial charge on any atom is -0.378 e. The van der Waals surface area contributed by atoms with Crippen molar-refractivity contribution in [1.82, 2.24) is 14.0 Å². The molecule has 0 amide bonds. The Morgan fingerprint density at radius 3 is 3.00 bits per heavy atom. The lowest BCUT2D eigenvalue weighted by Crippen LogP contribution is -2.41. The molecule has 1 aliphatic rings. The average molecular weight is 298 g/mol. The number of halogens is 2. The normalized spacial score (nSPS) is 24.4. The predicted octanol–water partition coefficient (Wildman–Crippen LogP) is 2.90. The molecule has 0 unspecified atom stereocenters.